The maximum absolute atomic E-state index is 12.5. The Hall–Kier alpha value is -3.25. The number of halogens is 1. The summed E-state index contributed by atoms with van der Waals surface area (Å²) in [7, 11) is 3.95. The first-order chi connectivity index (χ1) is 13.3. The van der Waals surface area contributed by atoms with Gasteiger partial charge in [-0.25, -0.2) is 4.68 Å². The lowest BCUT2D eigenvalue weighted by Gasteiger charge is -2.14. The molecule has 0 spiro atoms. The van der Waals surface area contributed by atoms with Crippen LogP contribution in [-0.2, 0) is 0 Å². The fourth-order valence-electron chi connectivity index (χ4n) is 3.20. The van der Waals surface area contributed by atoms with Crippen LogP contribution in [0.1, 0.15) is 5.56 Å². The van der Waals surface area contributed by atoms with E-state index < -0.39 is 5.56 Å². The average Bonchev–Trinajstić information content (AvgIpc) is 3.07. The molecule has 4 aromatic rings. The Bertz CT molecular complexity index is 1240. The van der Waals surface area contributed by atoms with Gasteiger partial charge in [0.25, 0.3) is 5.56 Å². The lowest BCUT2D eigenvalue weighted by molar-refractivity contribution is 0.475. The fourth-order valence-corrected chi connectivity index (χ4v) is 3.47. The molecule has 0 unspecified atom stereocenters. The number of aromatic hydroxyl groups is 1. The van der Waals surface area contributed by atoms with Gasteiger partial charge in [0.15, 0.2) is 11.4 Å². The maximum Gasteiger partial charge on any atom is 0.278 e. The summed E-state index contributed by atoms with van der Waals surface area (Å²) in [5.41, 5.74) is 3.75. The van der Waals surface area contributed by atoms with Crippen LogP contribution < -0.4 is 10.5 Å². The minimum absolute atomic E-state index is 0.0804. The van der Waals surface area contributed by atoms with Crippen LogP contribution in [0.5, 0.6) is 5.75 Å². The molecule has 0 saturated carbocycles. The molecule has 0 aliphatic rings. The van der Waals surface area contributed by atoms with Crippen molar-refractivity contribution in [1.29, 1.82) is 0 Å². The summed E-state index contributed by atoms with van der Waals surface area (Å²) >= 11 is 6.47. The van der Waals surface area contributed by atoms with Gasteiger partial charge in [0.2, 0.25) is 0 Å². The SMILES string of the molecule is Cc1cnn(-c2c(O)c3cc(-c4ccc(N(C)C)cc4)c(Cl)cc3[nH]c2=O)c1. The minimum atomic E-state index is -0.438. The molecule has 28 heavy (non-hydrogen) atoms. The summed E-state index contributed by atoms with van der Waals surface area (Å²) in [6.45, 7) is 1.87. The van der Waals surface area contributed by atoms with Gasteiger partial charge in [-0.2, -0.15) is 5.10 Å². The number of hydrogen-bond acceptors (Lipinski definition) is 4. The van der Waals surface area contributed by atoms with Crippen molar-refractivity contribution >= 4 is 28.2 Å². The lowest BCUT2D eigenvalue weighted by Crippen LogP contribution is -2.15. The Morgan fingerprint density at radius 1 is 1.18 bits per heavy atom. The van der Waals surface area contributed by atoms with Gasteiger partial charge in [0.1, 0.15) is 0 Å². The number of aryl methyl sites for hydroxylation is 1. The van der Waals surface area contributed by atoms with Gasteiger partial charge in [-0.3, -0.25) is 4.79 Å². The zero-order valence-corrected chi connectivity index (χ0v) is 16.4. The number of fused-ring (bicyclic) bond motifs is 1. The average molecular weight is 395 g/mol. The van der Waals surface area contributed by atoms with Crippen LogP contribution in [0.4, 0.5) is 5.69 Å². The van der Waals surface area contributed by atoms with Crippen LogP contribution in [-0.4, -0.2) is 34.0 Å². The highest BCUT2D eigenvalue weighted by atomic mass is 35.5. The van der Waals surface area contributed by atoms with Crippen molar-refractivity contribution in [3.8, 4) is 22.6 Å². The predicted octanol–water partition coefficient (Wildman–Crippen LogP) is 4.11. The number of anilines is 1. The molecule has 2 aromatic carbocycles. The molecule has 7 heteroatoms. The van der Waals surface area contributed by atoms with Crippen molar-refractivity contribution in [2.75, 3.05) is 19.0 Å². The third kappa shape index (κ3) is 3.01. The molecule has 0 aliphatic heterocycles. The highest BCUT2D eigenvalue weighted by molar-refractivity contribution is 6.34. The molecule has 142 valence electrons. The zero-order valence-electron chi connectivity index (χ0n) is 15.7. The third-order valence-electron chi connectivity index (χ3n) is 4.69. The Morgan fingerprint density at radius 2 is 1.89 bits per heavy atom. The van der Waals surface area contributed by atoms with Crippen molar-refractivity contribution in [2.45, 2.75) is 6.92 Å². The van der Waals surface area contributed by atoms with Gasteiger partial charge in [0.05, 0.1) is 16.7 Å². The van der Waals surface area contributed by atoms with Crippen molar-refractivity contribution < 1.29 is 5.11 Å². The molecule has 0 bridgehead atoms. The fraction of sp³-hybridized carbons (Fsp3) is 0.143. The Balaban J connectivity index is 1.92. The van der Waals surface area contributed by atoms with Crippen LogP contribution in [0.3, 0.4) is 0 Å². The van der Waals surface area contributed by atoms with Crippen molar-refractivity contribution in [3.05, 3.63) is 69.7 Å². The Labute approximate surface area is 166 Å². The summed E-state index contributed by atoms with van der Waals surface area (Å²) in [6, 6.07) is 11.4. The normalized spacial score (nSPS) is 11.1. The van der Waals surface area contributed by atoms with Crippen LogP contribution in [0.15, 0.2) is 53.6 Å². The van der Waals surface area contributed by atoms with Gasteiger partial charge < -0.3 is 15.0 Å². The second-order valence-corrected chi connectivity index (χ2v) is 7.34. The van der Waals surface area contributed by atoms with Crippen molar-refractivity contribution in [3.63, 3.8) is 0 Å². The zero-order chi connectivity index (χ0) is 20.0. The number of pyridine rings is 1. The summed E-state index contributed by atoms with van der Waals surface area (Å²) in [4.78, 5) is 17.3. The minimum Gasteiger partial charge on any atom is -0.505 e. The first-order valence-electron chi connectivity index (χ1n) is 8.73. The molecule has 0 atom stereocenters. The molecule has 2 N–H and O–H groups in total. The Morgan fingerprint density at radius 3 is 2.50 bits per heavy atom. The number of rotatable bonds is 3. The number of nitrogens with one attached hydrogen (secondary N) is 1. The lowest BCUT2D eigenvalue weighted by atomic mass is 10.0. The van der Waals surface area contributed by atoms with Gasteiger partial charge in [-0.15, -0.1) is 0 Å². The first kappa shape index (κ1) is 18.1. The largest absolute Gasteiger partial charge is 0.505 e. The molecule has 0 radical (unpaired) electrons. The first-order valence-corrected chi connectivity index (χ1v) is 9.11. The molecule has 0 fully saturated rings. The molecule has 2 heterocycles. The third-order valence-corrected chi connectivity index (χ3v) is 5.00. The second-order valence-electron chi connectivity index (χ2n) is 6.93. The topological polar surface area (TPSA) is 74.2 Å². The van der Waals surface area contributed by atoms with Crippen molar-refractivity contribution in [2.24, 2.45) is 0 Å². The number of nitrogens with zero attached hydrogens (tertiary/aromatic N) is 3. The molecule has 2 aromatic heterocycles. The molecular formula is C21H19ClN4O2. The summed E-state index contributed by atoms with van der Waals surface area (Å²) in [5.74, 6) is -0.135. The Kier molecular flexibility index (Phi) is 4.35. The quantitative estimate of drug-likeness (QED) is 0.548. The highest BCUT2D eigenvalue weighted by Crippen LogP contribution is 2.36. The predicted molar refractivity (Wildman–Crippen MR) is 113 cm³/mol. The number of H-pyrrole nitrogens is 1. The molecule has 0 aliphatic carbocycles. The van der Waals surface area contributed by atoms with E-state index >= 15 is 0 Å². The van der Waals surface area contributed by atoms with Gasteiger partial charge in [-0.05, 0) is 42.3 Å². The van der Waals surface area contributed by atoms with Crippen LogP contribution in [0.25, 0.3) is 27.7 Å². The molecule has 6 nitrogen and oxygen atoms in total. The molecular weight excluding hydrogens is 376 g/mol. The molecule has 0 saturated heterocycles. The van der Waals surface area contributed by atoms with E-state index in [9.17, 15) is 9.90 Å². The van der Waals surface area contributed by atoms with E-state index in [1.54, 1.807) is 24.5 Å². The van der Waals surface area contributed by atoms with E-state index in [1.165, 1.54) is 4.68 Å². The van der Waals surface area contributed by atoms with E-state index in [0.717, 1.165) is 22.4 Å². The number of aromatic amines is 1. The van der Waals surface area contributed by atoms with E-state index in [-0.39, 0.29) is 11.4 Å². The highest BCUT2D eigenvalue weighted by Gasteiger charge is 2.17. The van der Waals surface area contributed by atoms with E-state index in [0.29, 0.717) is 15.9 Å². The smallest absolute Gasteiger partial charge is 0.278 e. The summed E-state index contributed by atoms with van der Waals surface area (Å²) in [6.07, 6.45) is 3.32. The summed E-state index contributed by atoms with van der Waals surface area (Å²) in [5, 5.41) is 16.0. The summed E-state index contributed by atoms with van der Waals surface area (Å²) < 4.78 is 1.38. The van der Waals surface area contributed by atoms with Gasteiger partial charge >= 0.3 is 0 Å². The van der Waals surface area contributed by atoms with E-state index in [1.807, 2.05) is 50.2 Å². The van der Waals surface area contributed by atoms with Crippen LogP contribution in [0, 0.1) is 6.92 Å². The standard InChI is InChI=1S/C21H19ClN4O2/c1-12-10-23-26(11-12)19-20(27)16-8-15(17(22)9-18(16)24-21(19)28)13-4-6-14(7-5-13)25(2)3/h4-11H,1-3H3,(H2,24,27,28). The van der Waals surface area contributed by atoms with E-state index in [2.05, 4.69) is 10.1 Å². The number of aromatic nitrogens is 3. The monoisotopic (exact) mass is 394 g/mol. The molecule has 4 rings (SSSR count). The van der Waals surface area contributed by atoms with Gasteiger partial charge in [-0.1, -0.05) is 23.7 Å². The number of benzene rings is 2. The number of hydrogen-bond donors (Lipinski definition) is 2. The molecule has 0 amide bonds. The van der Waals surface area contributed by atoms with Crippen molar-refractivity contribution in [1.82, 2.24) is 14.8 Å². The maximum atomic E-state index is 12.5. The van der Waals surface area contributed by atoms with Crippen LogP contribution >= 0.6 is 11.6 Å². The van der Waals surface area contributed by atoms with Gasteiger partial charge in [0, 0.05) is 36.9 Å². The van der Waals surface area contributed by atoms with E-state index in [4.69, 9.17) is 11.6 Å². The van der Waals surface area contributed by atoms with Crippen LogP contribution in [0.2, 0.25) is 5.02 Å². The second kappa shape index (κ2) is 6.73.